The number of nitrogens with zero attached hydrogens (tertiary/aromatic N) is 2. The maximum absolute atomic E-state index is 12.2. The summed E-state index contributed by atoms with van der Waals surface area (Å²) in [6, 6.07) is 6.76. The molecule has 6 N–H and O–H groups in total. The van der Waals surface area contributed by atoms with Crippen molar-refractivity contribution in [3.05, 3.63) is 24.3 Å². The van der Waals surface area contributed by atoms with Gasteiger partial charge in [0.05, 0.1) is 11.4 Å². The SMILES string of the molecule is NC(N)=NC(N)=Nc1ccccc1SCC(F)F. The summed E-state index contributed by atoms with van der Waals surface area (Å²) in [5.74, 6) is -0.650. The van der Waals surface area contributed by atoms with Crippen LogP contribution in [-0.4, -0.2) is 24.1 Å². The molecule has 0 aromatic heterocycles. The third-order valence-electron chi connectivity index (χ3n) is 1.71. The molecule has 5 nitrogen and oxygen atoms in total. The third kappa shape index (κ3) is 5.00. The van der Waals surface area contributed by atoms with E-state index in [0.29, 0.717) is 10.6 Å². The Hall–Kier alpha value is -1.83. The average Bonchev–Trinajstić information content (AvgIpc) is 2.26. The van der Waals surface area contributed by atoms with E-state index in [9.17, 15) is 8.78 Å². The van der Waals surface area contributed by atoms with Crippen molar-refractivity contribution in [2.24, 2.45) is 27.2 Å². The largest absolute Gasteiger partial charge is 0.370 e. The van der Waals surface area contributed by atoms with Gasteiger partial charge in [-0.05, 0) is 12.1 Å². The Labute approximate surface area is 107 Å². The molecule has 0 aliphatic carbocycles. The molecule has 0 saturated heterocycles. The zero-order valence-corrected chi connectivity index (χ0v) is 10.2. The molecule has 0 saturated carbocycles. The standard InChI is InChI=1S/C10H13F2N5S/c11-8(12)5-18-7-4-2-1-3-6(7)16-10(15)17-9(13)14/h1-4,8H,5H2,(H6,13,14,15,16,17). The van der Waals surface area contributed by atoms with Gasteiger partial charge in [0.1, 0.15) is 0 Å². The lowest BCUT2D eigenvalue weighted by molar-refractivity contribution is 0.177. The number of para-hydroxylation sites is 1. The molecule has 0 amide bonds. The fourth-order valence-electron chi connectivity index (χ4n) is 1.11. The molecule has 0 atom stereocenters. The molecule has 1 aromatic carbocycles. The van der Waals surface area contributed by atoms with E-state index in [4.69, 9.17) is 17.2 Å². The summed E-state index contributed by atoms with van der Waals surface area (Å²) >= 11 is 0.992. The second-order valence-corrected chi connectivity index (χ2v) is 4.24. The Morgan fingerprint density at radius 1 is 1.22 bits per heavy atom. The molecule has 0 spiro atoms. The van der Waals surface area contributed by atoms with Gasteiger partial charge < -0.3 is 17.2 Å². The van der Waals surface area contributed by atoms with Crippen LogP contribution in [0.25, 0.3) is 0 Å². The Kier molecular flexibility index (Phi) is 5.37. The normalized spacial score (nSPS) is 11.6. The van der Waals surface area contributed by atoms with Crippen molar-refractivity contribution < 1.29 is 8.78 Å². The number of benzene rings is 1. The minimum Gasteiger partial charge on any atom is -0.370 e. The Morgan fingerprint density at radius 3 is 2.50 bits per heavy atom. The van der Waals surface area contributed by atoms with Gasteiger partial charge in [-0.1, -0.05) is 12.1 Å². The predicted molar refractivity (Wildman–Crippen MR) is 70.3 cm³/mol. The molecule has 0 radical (unpaired) electrons. The van der Waals surface area contributed by atoms with Gasteiger partial charge in [-0.2, -0.15) is 4.99 Å². The van der Waals surface area contributed by atoms with Crippen LogP contribution in [0, 0.1) is 0 Å². The van der Waals surface area contributed by atoms with Crippen molar-refractivity contribution in [1.82, 2.24) is 0 Å². The molecule has 0 aliphatic rings. The highest BCUT2D eigenvalue weighted by Crippen LogP contribution is 2.30. The van der Waals surface area contributed by atoms with Crippen molar-refractivity contribution in [2.75, 3.05) is 5.75 Å². The summed E-state index contributed by atoms with van der Waals surface area (Å²) in [4.78, 5) is 8.10. The summed E-state index contributed by atoms with van der Waals surface area (Å²) in [5.41, 5.74) is 16.2. The van der Waals surface area contributed by atoms with Crippen molar-refractivity contribution >= 4 is 29.4 Å². The van der Waals surface area contributed by atoms with E-state index in [1.54, 1.807) is 24.3 Å². The highest BCUT2D eigenvalue weighted by Gasteiger charge is 2.07. The smallest absolute Gasteiger partial charge is 0.247 e. The van der Waals surface area contributed by atoms with Gasteiger partial charge in [-0.25, -0.2) is 13.8 Å². The molecule has 8 heteroatoms. The van der Waals surface area contributed by atoms with E-state index in [0.717, 1.165) is 11.8 Å². The number of nitrogens with two attached hydrogens (primary N) is 3. The first-order chi connectivity index (χ1) is 8.49. The third-order valence-corrected chi connectivity index (χ3v) is 2.78. The second kappa shape index (κ2) is 6.80. The van der Waals surface area contributed by atoms with E-state index >= 15 is 0 Å². The van der Waals surface area contributed by atoms with Gasteiger partial charge >= 0.3 is 0 Å². The zero-order valence-electron chi connectivity index (χ0n) is 9.38. The topological polar surface area (TPSA) is 103 Å². The molecule has 0 heterocycles. The van der Waals surface area contributed by atoms with Crippen LogP contribution < -0.4 is 17.2 Å². The molecule has 1 rings (SSSR count). The highest BCUT2D eigenvalue weighted by molar-refractivity contribution is 7.99. The average molecular weight is 273 g/mol. The molecule has 98 valence electrons. The quantitative estimate of drug-likeness (QED) is 0.436. The molecule has 0 unspecified atom stereocenters. The number of hydrogen-bond donors (Lipinski definition) is 3. The number of guanidine groups is 2. The second-order valence-electron chi connectivity index (χ2n) is 3.18. The fourth-order valence-corrected chi connectivity index (χ4v) is 1.85. The van der Waals surface area contributed by atoms with Crippen molar-refractivity contribution in [3.8, 4) is 0 Å². The van der Waals surface area contributed by atoms with Gasteiger partial charge in [0.2, 0.25) is 12.4 Å². The van der Waals surface area contributed by atoms with Gasteiger partial charge in [0.25, 0.3) is 0 Å². The van der Waals surface area contributed by atoms with Crippen LogP contribution in [0.2, 0.25) is 0 Å². The molecule has 0 bridgehead atoms. The molecular weight excluding hydrogens is 260 g/mol. The molecular formula is C10H13F2N5S. The predicted octanol–water partition coefficient (Wildman–Crippen LogP) is 1.26. The number of halogens is 2. The van der Waals surface area contributed by atoms with Gasteiger partial charge in [0, 0.05) is 4.90 Å². The van der Waals surface area contributed by atoms with E-state index in [2.05, 4.69) is 9.98 Å². The maximum atomic E-state index is 12.2. The van der Waals surface area contributed by atoms with Crippen LogP contribution in [0.15, 0.2) is 39.1 Å². The van der Waals surface area contributed by atoms with Crippen LogP contribution in [0.5, 0.6) is 0 Å². The zero-order chi connectivity index (χ0) is 13.5. The van der Waals surface area contributed by atoms with E-state index in [1.807, 2.05) is 0 Å². The van der Waals surface area contributed by atoms with E-state index < -0.39 is 6.43 Å². The minimum atomic E-state index is -2.39. The number of alkyl halides is 2. The fraction of sp³-hybridized carbons (Fsp3) is 0.200. The first-order valence-electron chi connectivity index (χ1n) is 4.93. The first kappa shape index (κ1) is 14.2. The summed E-state index contributed by atoms with van der Waals surface area (Å²) in [6.07, 6.45) is -2.39. The summed E-state index contributed by atoms with van der Waals surface area (Å²) in [6.45, 7) is 0. The van der Waals surface area contributed by atoms with Crippen molar-refractivity contribution in [1.29, 1.82) is 0 Å². The van der Waals surface area contributed by atoms with Crippen LogP contribution in [0.4, 0.5) is 14.5 Å². The van der Waals surface area contributed by atoms with Crippen LogP contribution >= 0.6 is 11.8 Å². The minimum absolute atomic E-state index is 0.125. The highest BCUT2D eigenvalue weighted by atomic mass is 32.2. The molecule has 0 fully saturated rings. The number of rotatable bonds is 4. The number of thioether (sulfide) groups is 1. The summed E-state index contributed by atoms with van der Waals surface area (Å²) in [7, 11) is 0. The maximum Gasteiger partial charge on any atom is 0.247 e. The molecule has 18 heavy (non-hydrogen) atoms. The molecule has 1 aromatic rings. The van der Waals surface area contributed by atoms with Gasteiger partial charge in [-0.15, -0.1) is 11.8 Å². The monoisotopic (exact) mass is 273 g/mol. The number of hydrogen-bond acceptors (Lipinski definition) is 2. The Balaban J connectivity index is 2.91. The van der Waals surface area contributed by atoms with Gasteiger partial charge in [0.15, 0.2) is 5.96 Å². The van der Waals surface area contributed by atoms with Gasteiger partial charge in [-0.3, -0.25) is 0 Å². The van der Waals surface area contributed by atoms with E-state index in [1.165, 1.54) is 0 Å². The lowest BCUT2D eigenvalue weighted by Gasteiger charge is -2.04. The summed E-state index contributed by atoms with van der Waals surface area (Å²) in [5, 5.41) is 0. The van der Waals surface area contributed by atoms with E-state index in [-0.39, 0.29) is 17.7 Å². The van der Waals surface area contributed by atoms with Crippen LogP contribution in [0.1, 0.15) is 0 Å². The Morgan fingerprint density at radius 2 is 1.89 bits per heavy atom. The Bertz CT molecular complexity index is 457. The molecule has 0 aliphatic heterocycles. The van der Waals surface area contributed by atoms with Crippen LogP contribution in [0.3, 0.4) is 0 Å². The van der Waals surface area contributed by atoms with Crippen LogP contribution in [-0.2, 0) is 0 Å². The lowest BCUT2D eigenvalue weighted by atomic mass is 10.3. The summed E-state index contributed by atoms with van der Waals surface area (Å²) < 4.78 is 24.3. The first-order valence-corrected chi connectivity index (χ1v) is 5.91. The van der Waals surface area contributed by atoms with Crippen molar-refractivity contribution in [2.45, 2.75) is 11.3 Å². The lowest BCUT2D eigenvalue weighted by Crippen LogP contribution is -2.26. The van der Waals surface area contributed by atoms with Crippen molar-refractivity contribution in [3.63, 3.8) is 0 Å². The number of aliphatic imine (C=N–C) groups is 2.